The van der Waals surface area contributed by atoms with Crippen LogP contribution in [-0.4, -0.2) is 30.1 Å². The molecule has 0 aliphatic heterocycles. The highest BCUT2D eigenvalue weighted by molar-refractivity contribution is 5.28. The first-order valence-corrected chi connectivity index (χ1v) is 7.88. The van der Waals surface area contributed by atoms with Crippen LogP contribution in [0.15, 0.2) is 12.4 Å². The summed E-state index contributed by atoms with van der Waals surface area (Å²) in [6.07, 6.45) is 9.39. The van der Waals surface area contributed by atoms with Gasteiger partial charge >= 0.3 is 0 Å². The smallest absolute Gasteiger partial charge is 0.225 e. The summed E-state index contributed by atoms with van der Waals surface area (Å²) >= 11 is 0. The molecule has 0 atom stereocenters. The fraction of sp³-hybridized carbons (Fsp3) is 0.750. The molecular formula is C16H28N4. The van der Waals surface area contributed by atoms with Gasteiger partial charge in [-0.1, -0.05) is 26.7 Å². The SMILES string of the molecule is CC(C)CNCc1cnc(N(C)CC2CCCC2)nc1. The van der Waals surface area contributed by atoms with Crippen LogP contribution < -0.4 is 10.2 Å². The molecular weight excluding hydrogens is 248 g/mol. The van der Waals surface area contributed by atoms with Crippen LogP contribution in [0, 0.1) is 11.8 Å². The molecule has 0 aromatic carbocycles. The lowest BCUT2D eigenvalue weighted by Crippen LogP contribution is -2.26. The van der Waals surface area contributed by atoms with E-state index < -0.39 is 0 Å². The standard InChI is InChI=1S/C16H28N4/c1-13(2)8-17-9-15-10-18-16(19-11-15)20(3)12-14-6-4-5-7-14/h10-11,13-14,17H,4-9,12H2,1-3H3. The quantitative estimate of drug-likeness (QED) is 0.831. The van der Waals surface area contributed by atoms with Gasteiger partial charge in [-0.05, 0) is 31.2 Å². The minimum atomic E-state index is 0.674. The van der Waals surface area contributed by atoms with E-state index in [0.29, 0.717) is 5.92 Å². The van der Waals surface area contributed by atoms with Crippen molar-refractivity contribution in [2.24, 2.45) is 11.8 Å². The van der Waals surface area contributed by atoms with E-state index in [1.807, 2.05) is 12.4 Å². The fourth-order valence-electron chi connectivity index (χ4n) is 2.80. The van der Waals surface area contributed by atoms with Gasteiger partial charge in [-0.2, -0.15) is 0 Å². The maximum Gasteiger partial charge on any atom is 0.225 e. The largest absolute Gasteiger partial charge is 0.344 e. The van der Waals surface area contributed by atoms with Crippen LogP contribution in [0.1, 0.15) is 45.1 Å². The van der Waals surface area contributed by atoms with Crippen molar-refractivity contribution < 1.29 is 0 Å². The molecule has 1 aliphatic carbocycles. The van der Waals surface area contributed by atoms with Crippen molar-refractivity contribution in [3.8, 4) is 0 Å². The average Bonchev–Trinajstić information content (AvgIpc) is 2.92. The van der Waals surface area contributed by atoms with E-state index >= 15 is 0 Å². The third kappa shape index (κ3) is 4.75. The molecule has 20 heavy (non-hydrogen) atoms. The second kappa shape index (κ2) is 7.58. The molecule has 0 bridgehead atoms. The van der Waals surface area contributed by atoms with Gasteiger partial charge in [-0.15, -0.1) is 0 Å². The van der Waals surface area contributed by atoms with Gasteiger partial charge in [-0.25, -0.2) is 9.97 Å². The number of hydrogen-bond acceptors (Lipinski definition) is 4. The van der Waals surface area contributed by atoms with Crippen molar-refractivity contribution in [1.82, 2.24) is 15.3 Å². The number of rotatable bonds is 7. The molecule has 1 fully saturated rings. The van der Waals surface area contributed by atoms with Gasteiger partial charge in [0.25, 0.3) is 0 Å². The molecule has 0 unspecified atom stereocenters. The van der Waals surface area contributed by atoms with Crippen molar-refractivity contribution in [2.45, 2.75) is 46.1 Å². The summed E-state index contributed by atoms with van der Waals surface area (Å²) in [7, 11) is 2.10. The minimum Gasteiger partial charge on any atom is -0.344 e. The average molecular weight is 276 g/mol. The Hall–Kier alpha value is -1.16. The van der Waals surface area contributed by atoms with Gasteiger partial charge in [0.15, 0.2) is 0 Å². The zero-order chi connectivity index (χ0) is 14.4. The van der Waals surface area contributed by atoms with E-state index in [-0.39, 0.29) is 0 Å². The Labute approximate surface area is 123 Å². The van der Waals surface area contributed by atoms with Crippen LogP contribution >= 0.6 is 0 Å². The molecule has 0 amide bonds. The zero-order valence-electron chi connectivity index (χ0n) is 13.1. The fourth-order valence-corrected chi connectivity index (χ4v) is 2.80. The van der Waals surface area contributed by atoms with Gasteiger partial charge in [-0.3, -0.25) is 0 Å². The molecule has 1 N–H and O–H groups in total. The molecule has 1 aromatic rings. The molecule has 0 radical (unpaired) electrons. The highest BCUT2D eigenvalue weighted by Gasteiger charge is 2.17. The number of anilines is 1. The molecule has 112 valence electrons. The summed E-state index contributed by atoms with van der Waals surface area (Å²) < 4.78 is 0. The van der Waals surface area contributed by atoms with E-state index in [2.05, 4.69) is 41.1 Å². The van der Waals surface area contributed by atoms with E-state index in [1.165, 1.54) is 25.7 Å². The summed E-state index contributed by atoms with van der Waals surface area (Å²) in [5.74, 6) is 2.35. The van der Waals surface area contributed by atoms with E-state index in [9.17, 15) is 0 Å². The van der Waals surface area contributed by atoms with Crippen molar-refractivity contribution in [1.29, 1.82) is 0 Å². The van der Waals surface area contributed by atoms with Crippen LogP contribution in [-0.2, 0) is 6.54 Å². The Morgan fingerprint density at radius 3 is 2.50 bits per heavy atom. The summed E-state index contributed by atoms with van der Waals surface area (Å²) in [5, 5.41) is 3.41. The summed E-state index contributed by atoms with van der Waals surface area (Å²) in [4.78, 5) is 11.2. The summed E-state index contributed by atoms with van der Waals surface area (Å²) in [5.41, 5.74) is 1.16. The third-order valence-electron chi connectivity index (χ3n) is 3.92. The molecule has 1 aliphatic rings. The number of hydrogen-bond donors (Lipinski definition) is 1. The van der Waals surface area contributed by atoms with Crippen molar-refractivity contribution in [3.63, 3.8) is 0 Å². The van der Waals surface area contributed by atoms with Crippen LogP contribution in [0.4, 0.5) is 5.95 Å². The Balaban J connectivity index is 1.80. The molecule has 2 rings (SSSR count). The molecule has 4 nitrogen and oxygen atoms in total. The van der Waals surface area contributed by atoms with Crippen molar-refractivity contribution in [3.05, 3.63) is 18.0 Å². The monoisotopic (exact) mass is 276 g/mol. The first kappa shape index (κ1) is 15.2. The second-order valence-corrected chi connectivity index (χ2v) is 6.45. The maximum atomic E-state index is 4.49. The van der Waals surface area contributed by atoms with Crippen molar-refractivity contribution in [2.75, 3.05) is 25.0 Å². The summed E-state index contributed by atoms with van der Waals surface area (Å²) in [6.45, 7) is 7.40. The Kier molecular flexibility index (Phi) is 5.77. The van der Waals surface area contributed by atoms with Gasteiger partial charge in [0.2, 0.25) is 5.95 Å². The lowest BCUT2D eigenvalue weighted by Gasteiger charge is -2.20. The van der Waals surface area contributed by atoms with E-state index in [1.54, 1.807) is 0 Å². The van der Waals surface area contributed by atoms with Gasteiger partial charge in [0.05, 0.1) is 0 Å². The molecule has 4 heteroatoms. The second-order valence-electron chi connectivity index (χ2n) is 6.45. The lowest BCUT2D eigenvalue weighted by molar-refractivity contribution is 0.541. The third-order valence-corrected chi connectivity index (χ3v) is 3.92. The minimum absolute atomic E-state index is 0.674. The van der Waals surface area contributed by atoms with Crippen molar-refractivity contribution >= 4 is 5.95 Å². The molecule has 1 aromatic heterocycles. The van der Waals surface area contributed by atoms with Crippen LogP contribution in [0.3, 0.4) is 0 Å². The topological polar surface area (TPSA) is 41.1 Å². The van der Waals surface area contributed by atoms with E-state index in [0.717, 1.165) is 37.1 Å². The Morgan fingerprint density at radius 2 is 1.90 bits per heavy atom. The zero-order valence-corrected chi connectivity index (χ0v) is 13.1. The Morgan fingerprint density at radius 1 is 1.25 bits per heavy atom. The molecule has 0 spiro atoms. The normalized spacial score (nSPS) is 16.0. The van der Waals surface area contributed by atoms with Crippen LogP contribution in [0.2, 0.25) is 0 Å². The number of nitrogens with zero attached hydrogens (tertiary/aromatic N) is 3. The number of nitrogens with one attached hydrogen (secondary N) is 1. The maximum absolute atomic E-state index is 4.49. The lowest BCUT2D eigenvalue weighted by atomic mass is 10.1. The predicted molar refractivity (Wildman–Crippen MR) is 83.8 cm³/mol. The first-order valence-electron chi connectivity index (χ1n) is 7.88. The first-order chi connectivity index (χ1) is 9.65. The molecule has 1 heterocycles. The Bertz CT molecular complexity index is 382. The molecule has 0 saturated heterocycles. The molecule has 1 saturated carbocycles. The highest BCUT2D eigenvalue weighted by Crippen LogP contribution is 2.25. The predicted octanol–water partition coefficient (Wildman–Crippen LogP) is 2.85. The van der Waals surface area contributed by atoms with Gasteiger partial charge in [0.1, 0.15) is 0 Å². The number of aromatic nitrogens is 2. The van der Waals surface area contributed by atoms with E-state index in [4.69, 9.17) is 0 Å². The summed E-state index contributed by atoms with van der Waals surface area (Å²) in [6, 6.07) is 0. The van der Waals surface area contributed by atoms with Crippen LogP contribution in [0.5, 0.6) is 0 Å². The van der Waals surface area contributed by atoms with Gasteiger partial charge < -0.3 is 10.2 Å². The van der Waals surface area contributed by atoms with Crippen LogP contribution in [0.25, 0.3) is 0 Å². The van der Waals surface area contributed by atoms with Gasteiger partial charge in [0, 0.05) is 38.1 Å². The highest BCUT2D eigenvalue weighted by atomic mass is 15.2.